The quantitative estimate of drug-likeness (QED) is 0.0118. The fraction of sp³-hybridized carbons (Fsp3) is 0.948. The van der Waals surface area contributed by atoms with E-state index >= 15 is 9.59 Å². The van der Waals surface area contributed by atoms with Crippen LogP contribution in [0.3, 0.4) is 0 Å². The van der Waals surface area contributed by atoms with Crippen LogP contribution in [0.25, 0.3) is 0 Å². The van der Waals surface area contributed by atoms with Crippen molar-refractivity contribution in [1.82, 2.24) is 0 Å². The standard InChI is InChI=1S/C96H158O48/c1-40-56(105)62(111)69(118)81(132-40)126-28-18-14-10-11-15-19-43(100)20-16-12-13-17-21-49(135-82-67(116)58(107)48(103)34-128-82)79(123)139-74-42(3)134-87(76(75(74)141-85-70(119)63(112)59(108)50(32-97)136-85)142-84-72(121)65(114)73(41(2)133-84)140-83-68(117)61(110)52(36-130-83)138-88-77(122)95(125,38-99)39-131-88)144-89(124)96-27-26-90(4,5)29-45(96)44-22-23-54-91(6)30-46(101)78(92(7,37-98)53(91)24-25-93(54,8)94(44,9)31-55(96)104)143-86-71(120)64(113)60(109)51(137-86)35-129-80-66(115)57(106)47(102)33-127-80/h22,40-42,45-78,80-88,97-99,101-122,125H,10-21,23-39H2,1-9H3/t40-,41-,42+,45-,46-,47-,48+,49?,50+,51+,52+,53+,54+,55+,56-,57-,58-,59+,60+,61-,62+,63-,64-,65-,66+,67+,68+,69+,70+,71+,72+,73-,74-,75-,76+,77-,78-,80-,81+,82-,83-,84-,85-,86-,87-,88-,91-,92-,93+,94+,95+,96+/m0/s1. The lowest BCUT2D eigenvalue weighted by atomic mass is 9.33. The van der Waals surface area contributed by atoms with Crippen LogP contribution < -0.4 is 0 Å². The number of carbonyl (C=O) groups excluding carboxylic acids is 3. The van der Waals surface area contributed by atoms with Gasteiger partial charge in [-0.15, -0.1) is 0 Å². The van der Waals surface area contributed by atoms with Crippen molar-refractivity contribution in [3.05, 3.63) is 11.6 Å². The Hall–Kier alpha value is -3.37. The van der Waals surface area contributed by atoms with Gasteiger partial charge in [-0.25, -0.2) is 4.79 Å². The van der Waals surface area contributed by atoms with Crippen molar-refractivity contribution in [2.24, 2.45) is 50.2 Å². The van der Waals surface area contributed by atoms with Crippen molar-refractivity contribution in [2.45, 2.75) is 460 Å². The first-order chi connectivity index (χ1) is 67.9. The molecule has 48 heteroatoms. The second-order valence-corrected chi connectivity index (χ2v) is 44.5. The molecule has 52 atom stereocenters. The molecule has 14 rings (SSSR count). The Morgan fingerprint density at radius 3 is 1.63 bits per heavy atom. The molecular formula is C96H158O48. The van der Waals surface area contributed by atoms with E-state index in [0.717, 1.165) is 24.8 Å². The summed E-state index contributed by atoms with van der Waals surface area (Å²) in [5, 5.41) is 291. The highest BCUT2D eigenvalue weighted by Gasteiger charge is 2.74. The van der Waals surface area contributed by atoms with Gasteiger partial charge in [-0.1, -0.05) is 91.7 Å². The molecule has 144 heavy (non-hydrogen) atoms. The van der Waals surface area contributed by atoms with Gasteiger partial charge >= 0.3 is 11.9 Å². The molecule has 4 saturated carbocycles. The molecule has 9 heterocycles. The van der Waals surface area contributed by atoms with E-state index in [-0.39, 0.29) is 63.3 Å². The predicted molar refractivity (Wildman–Crippen MR) is 479 cm³/mol. The molecule has 14 aliphatic rings. The smallest absolute Gasteiger partial charge is 0.335 e. The molecule has 830 valence electrons. The van der Waals surface area contributed by atoms with Gasteiger partial charge in [0.1, 0.15) is 169 Å². The summed E-state index contributed by atoms with van der Waals surface area (Å²) in [4.78, 5) is 45.7. The summed E-state index contributed by atoms with van der Waals surface area (Å²) in [5.41, 5.74) is -7.87. The zero-order valence-corrected chi connectivity index (χ0v) is 82.8. The lowest BCUT2D eigenvalue weighted by Gasteiger charge is -2.72. The first-order valence-corrected chi connectivity index (χ1v) is 51.0. The topological polar surface area (TPSA) is 753 Å². The third-order valence-electron chi connectivity index (χ3n) is 34.3. The molecule has 9 aliphatic heterocycles. The summed E-state index contributed by atoms with van der Waals surface area (Å²) in [5.74, 6) is -4.10. The summed E-state index contributed by atoms with van der Waals surface area (Å²) in [6, 6.07) is 0. The fourth-order valence-corrected chi connectivity index (χ4v) is 25.2. The van der Waals surface area contributed by atoms with Crippen LogP contribution in [0.1, 0.15) is 191 Å². The molecule has 0 amide bonds. The van der Waals surface area contributed by atoms with Crippen LogP contribution in [0, 0.1) is 50.2 Å². The molecule has 9 saturated heterocycles. The zero-order chi connectivity index (χ0) is 105. The fourth-order valence-electron chi connectivity index (χ4n) is 25.2. The Bertz CT molecular complexity index is 4170. The van der Waals surface area contributed by atoms with E-state index in [1.807, 2.05) is 27.7 Å². The van der Waals surface area contributed by atoms with Crippen LogP contribution in [0.5, 0.6) is 0 Å². The molecule has 26 N–H and O–H groups in total. The largest absolute Gasteiger partial charge is 0.455 e. The van der Waals surface area contributed by atoms with E-state index < -0.39 is 379 Å². The van der Waals surface area contributed by atoms with Crippen molar-refractivity contribution in [3.8, 4) is 0 Å². The molecule has 5 aliphatic carbocycles. The van der Waals surface area contributed by atoms with Gasteiger partial charge in [0.05, 0.1) is 89.5 Å². The molecule has 13 fully saturated rings. The molecular weight excluding hydrogens is 1920 g/mol. The average molecular weight is 2080 g/mol. The molecule has 0 aromatic heterocycles. The number of esters is 2. The van der Waals surface area contributed by atoms with E-state index in [1.54, 1.807) is 13.8 Å². The number of hydrogen-bond acceptors (Lipinski definition) is 48. The summed E-state index contributed by atoms with van der Waals surface area (Å²) >= 11 is 0. The number of allylic oxidation sites excluding steroid dienone is 2. The van der Waals surface area contributed by atoms with Crippen molar-refractivity contribution in [3.63, 3.8) is 0 Å². The molecule has 0 spiro atoms. The molecule has 0 bridgehead atoms. The van der Waals surface area contributed by atoms with Crippen molar-refractivity contribution in [1.29, 1.82) is 0 Å². The monoisotopic (exact) mass is 2080 g/mol. The second-order valence-electron chi connectivity index (χ2n) is 44.5. The average Bonchev–Trinajstić information content (AvgIpc) is 0.684. The minimum Gasteiger partial charge on any atom is -0.455 e. The molecule has 0 aromatic rings. The summed E-state index contributed by atoms with van der Waals surface area (Å²) in [6.45, 7) is 11.1. The minimum absolute atomic E-state index is 0.00535. The Labute approximate surface area is 833 Å². The maximum absolute atomic E-state index is 16.8. The van der Waals surface area contributed by atoms with Gasteiger partial charge in [-0.3, -0.25) is 9.59 Å². The van der Waals surface area contributed by atoms with Crippen LogP contribution in [-0.2, 0) is 104 Å². The number of carbonyl (C=O) groups is 3. The first-order valence-electron chi connectivity index (χ1n) is 51.0. The Morgan fingerprint density at radius 2 is 0.979 bits per heavy atom. The summed E-state index contributed by atoms with van der Waals surface area (Å²) in [6.07, 6.45) is -67.4. The highest BCUT2D eigenvalue weighted by Crippen LogP contribution is 2.76. The maximum atomic E-state index is 16.8. The van der Waals surface area contributed by atoms with Gasteiger partial charge in [0.25, 0.3) is 0 Å². The van der Waals surface area contributed by atoms with Gasteiger partial charge in [-0.05, 0) is 137 Å². The SMILES string of the molecule is C[C@@H]1O[C@@H](OCCCCCCCC(=O)CCCCCCC(O[C@@H]2OC[C@@H](O)[C@H](O)[C@H]2O)C(=O)O[C@@H]2[C@H](O[C@@H]3O[C@H](CO)[C@@H](O)[C@H](O)[C@H]3O)[C@@H](O[C@@H]3O[C@@H](C)[C@H](O[C@@H]4OC[C@@H](O[C@@H]5OC[C@](O)(CO)[C@H]5O)[C@H](O)[C@H]4O)[C@@H](O)[C@H]3O)[C@H](OC(=O)[C@]34CCC(C)(C)C[C@H]3C3=CC[C@@H]5[C@@]6(C)C[C@H](O)[C@H](O[C@@H]7O[C@H](CO[C@@H]8OC[C@H](O)[C@H](O)[C@H]8O)[C@@H](O)[C@H](O)[C@H]7O)[C@@](C)(CO)[C@@H]6CC[C@@]5(C)[C@]3(C)C[C@H]4O)O[C@@H]2C)[C@H](O)[C@H](O)[C@H]1O. The van der Waals surface area contributed by atoms with Gasteiger partial charge in [0.15, 0.2) is 68.6 Å². The number of aliphatic hydroxyl groups excluding tert-OH is 25. The van der Waals surface area contributed by atoms with E-state index in [1.165, 1.54) is 13.8 Å². The van der Waals surface area contributed by atoms with Crippen LogP contribution in [0.15, 0.2) is 11.6 Å². The Balaban J connectivity index is 0.733. The number of aliphatic hydroxyl groups is 26. The number of ether oxygens (including phenoxy) is 19. The third-order valence-corrected chi connectivity index (χ3v) is 34.3. The molecule has 48 nitrogen and oxygen atoms in total. The number of rotatable bonds is 38. The molecule has 0 aromatic carbocycles. The first kappa shape index (κ1) is 116. The number of unbranched alkanes of at least 4 members (excludes halogenated alkanes) is 7. The van der Waals surface area contributed by atoms with Crippen molar-refractivity contribution in [2.75, 3.05) is 59.5 Å². The van der Waals surface area contributed by atoms with Gasteiger partial charge in [0.2, 0.25) is 6.29 Å². The van der Waals surface area contributed by atoms with E-state index in [4.69, 9.17) is 90.0 Å². The number of fused-ring (bicyclic) bond motifs is 7. The van der Waals surface area contributed by atoms with Gasteiger partial charge < -0.3 is 223 Å². The summed E-state index contributed by atoms with van der Waals surface area (Å²) < 4.78 is 115. The normalized spacial score (nSPS) is 50.0. The predicted octanol–water partition coefficient (Wildman–Crippen LogP) is -7.21. The van der Waals surface area contributed by atoms with Crippen LogP contribution in [-0.4, -0.2) is 480 Å². The van der Waals surface area contributed by atoms with Crippen LogP contribution >= 0.6 is 0 Å². The van der Waals surface area contributed by atoms with Crippen LogP contribution in [0.2, 0.25) is 0 Å². The number of Topliss-reactive ketones (excluding diaryl/α,β-unsaturated/α-hetero) is 1. The lowest BCUT2D eigenvalue weighted by Crippen LogP contribution is -2.71. The van der Waals surface area contributed by atoms with E-state index in [9.17, 15) is 138 Å². The third kappa shape index (κ3) is 23.2. The molecule has 1 unspecified atom stereocenters. The Kier molecular flexibility index (Phi) is 38.3. The van der Waals surface area contributed by atoms with Gasteiger partial charge in [0, 0.05) is 24.9 Å². The highest BCUT2D eigenvalue weighted by molar-refractivity contribution is 5.80. The van der Waals surface area contributed by atoms with E-state index in [2.05, 4.69) is 13.0 Å². The van der Waals surface area contributed by atoms with Crippen molar-refractivity contribution < 1.29 is 237 Å². The molecule has 0 radical (unpaired) electrons. The second kappa shape index (κ2) is 47.5. The number of hydrogen-bond donors (Lipinski definition) is 26. The zero-order valence-electron chi connectivity index (χ0n) is 82.8. The maximum Gasteiger partial charge on any atom is 0.335 e. The summed E-state index contributed by atoms with van der Waals surface area (Å²) in [7, 11) is 0. The van der Waals surface area contributed by atoms with Crippen LogP contribution in [0.4, 0.5) is 0 Å². The van der Waals surface area contributed by atoms with Gasteiger partial charge in [-0.2, -0.15) is 0 Å². The Morgan fingerprint density at radius 1 is 0.438 bits per heavy atom. The van der Waals surface area contributed by atoms with Crippen molar-refractivity contribution >= 4 is 17.7 Å². The minimum atomic E-state index is -2.33. The number of ketones is 1. The highest BCUT2D eigenvalue weighted by atomic mass is 16.8. The lowest BCUT2D eigenvalue weighted by molar-refractivity contribution is -0.392. The van der Waals surface area contributed by atoms with E-state index in [0.29, 0.717) is 64.2 Å².